The number of hydrogen-bond acceptors (Lipinski definition) is 5. The van der Waals surface area contributed by atoms with E-state index >= 15 is 0 Å². The van der Waals surface area contributed by atoms with Crippen molar-refractivity contribution in [3.8, 4) is 5.75 Å². The molecule has 2 aromatic carbocycles. The Kier molecular flexibility index (Phi) is 5.15. The van der Waals surface area contributed by atoms with Crippen LogP contribution in [0.2, 0.25) is 0 Å². The molecule has 1 heterocycles. The molecule has 27 heavy (non-hydrogen) atoms. The fraction of sp³-hybridized carbons (Fsp3) is 0.350. The van der Waals surface area contributed by atoms with Crippen LogP contribution in [-0.4, -0.2) is 26.6 Å². The van der Waals surface area contributed by atoms with Gasteiger partial charge in [0.1, 0.15) is 5.75 Å². The van der Waals surface area contributed by atoms with Gasteiger partial charge in [-0.2, -0.15) is 8.42 Å². The molecule has 6 nitrogen and oxygen atoms in total. The molecule has 1 aliphatic rings. The largest absolute Gasteiger partial charge is 0.383 e. The van der Waals surface area contributed by atoms with Gasteiger partial charge >= 0.3 is 10.1 Å². The molecule has 1 amide bonds. The van der Waals surface area contributed by atoms with E-state index in [1.54, 1.807) is 30.0 Å². The van der Waals surface area contributed by atoms with Crippen LogP contribution < -0.4 is 14.4 Å². The molecule has 0 saturated carbocycles. The van der Waals surface area contributed by atoms with Gasteiger partial charge in [-0.25, -0.2) is 0 Å². The molecular formula is C20H24N2O4S. The molecular weight excluding hydrogens is 364 g/mol. The van der Waals surface area contributed by atoms with Gasteiger partial charge in [0.25, 0.3) is 0 Å². The maximum Gasteiger partial charge on any atom is 0.306 e. The van der Waals surface area contributed by atoms with Crippen molar-refractivity contribution in [3.05, 3.63) is 54.1 Å². The van der Waals surface area contributed by atoms with Gasteiger partial charge in [0, 0.05) is 35.8 Å². The predicted molar refractivity (Wildman–Crippen MR) is 107 cm³/mol. The summed E-state index contributed by atoms with van der Waals surface area (Å²) in [6.07, 6.45) is 1.01. The number of para-hydroxylation sites is 1. The molecule has 0 spiro atoms. The van der Waals surface area contributed by atoms with Gasteiger partial charge in [0.15, 0.2) is 0 Å². The molecule has 0 saturated heterocycles. The smallest absolute Gasteiger partial charge is 0.306 e. The zero-order valence-corrected chi connectivity index (χ0v) is 16.7. The van der Waals surface area contributed by atoms with E-state index in [0.717, 1.165) is 23.2 Å². The number of amides is 1. The number of fused-ring (bicyclic) bond motifs is 1. The highest BCUT2D eigenvalue weighted by Crippen LogP contribution is 2.44. The van der Waals surface area contributed by atoms with Crippen molar-refractivity contribution in [3.63, 3.8) is 0 Å². The molecule has 7 heteroatoms. The first-order chi connectivity index (χ1) is 12.7. The summed E-state index contributed by atoms with van der Waals surface area (Å²) in [6.45, 7) is 5.64. The Balaban J connectivity index is 2.10. The first-order valence-corrected chi connectivity index (χ1v) is 10.6. The van der Waals surface area contributed by atoms with E-state index < -0.39 is 10.1 Å². The molecule has 2 aromatic rings. The monoisotopic (exact) mass is 388 g/mol. The molecule has 144 valence electrons. The molecule has 0 aliphatic carbocycles. The van der Waals surface area contributed by atoms with Crippen molar-refractivity contribution < 1.29 is 17.4 Å². The van der Waals surface area contributed by atoms with Crippen molar-refractivity contribution in [1.29, 1.82) is 0 Å². The van der Waals surface area contributed by atoms with E-state index in [9.17, 15) is 13.2 Å². The molecule has 0 radical (unpaired) electrons. The van der Waals surface area contributed by atoms with Crippen molar-refractivity contribution in [2.24, 2.45) is 5.92 Å². The van der Waals surface area contributed by atoms with Crippen LogP contribution in [0.15, 0.2) is 48.5 Å². The summed E-state index contributed by atoms with van der Waals surface area (Å²) in [4.78, 5) is 14.0. The third-order valence-corrected chi connectivity index (χ3v) is 5.47. The second-order valence-corrected chi connectivity index (χ2v) is 8.56. The van der Waals surface area contributed by atoms with Crippen molar-refractivity contribution >= 4 is 27.4 Å². The van der Waals surface area contributed by atoms with Crippen LogP contribution in [0.25, 0.3) is 0 Å². The number of hydrogen-bond donors (Lipinski definition) is 1. The van der Waals surface area contributed by atoms with E-state index in [1.807, 2.05) is 37.3 Å². The van der Waals surface area contributed by atoms with Crippen LogP contribution in [0.1, 0.15) is 32.4 Å². The Morgan fingerprint density at radius 3 is 2.37 bits per heavy atom. The van der Waals surface area contributed by atoms with Crippen molar-refractivity contribution in [2.45, 2.75) is 32.9 Å². The molecule has 3 rings (SSSR count). The third kappa shape index (κ3) is 4.08. The van der Waals surface area contributed by atoms with E-state index in [0.29, 0.717) is 0 Å². The van der Waals surface area contributed by atoms with Crippen LogP contribution in [0.5, 0.6) is 5.75 Å². The lowest BCUT2D eigenvalue weighted by atomic mass is 9.82. The number of nitrogens with zero attached hydrogens (tertiary/aromatic N) is 1. The van der Waals surface area contributed by atoms with E-state index in [2.05, 4.69) is 12.2 Å². The first-order valence-electron chi connectivity index (χ1n) is 8.82. The van der Waals surface area contributed by atoms with Crippen LogP contribution in [-0.2, 0) is 14.9 Å². The number of rotatable bonds is 4. The first kappa shape index (κ1) is 19.2. The summed E-state index contributed by atoms with van der Waals surface area (Å²) in [5, 5.41) is 3.52. The second-order valence-electron chi connectivity index (χ2n) is 6.98. The van der Waals surface area contributed by atoms with Crippen molar-refractivity contribution in [1.82, 2.24) is 0 Å². The number of anilines is 2. The van der Waals surface area contributed by atoms with E-state index in [-0.39, 0.29) is 29.7 Å². The molecule has 1 N–H and O–H groups in total. The van der Waals surface area contributed by atoms with Crippen LogP contribution in [0.3, 0.4) is 0 Å². The lowest BCUT2D eigenvalue weighted by Crippen LogP contribution is -2.48. The Labute approximate surface area is 160 Å². The maximum atomic E-state index is 12.3. The van der Waals surface area contributed by atoms with Gasteiger partial charge in [-0.05, 0) is 37.3 Å². The highest BCUT2D eigenvalue weighted by Gasteiger charge is 2.38. The van der Waals surface area contributed by atoms with Crippen molar-refractivity contribution in [2.75, 3.05) is 16.5 Å². The Bertz CT molecular complexity index is 944. The predicted octanol–water partition coefficient (Wildman–Crippen LogP) is 3.57. The van der Waals surface area contributed by atoms with Crippen LogP contribution in [0, 0.1) is 5.92 Å². The molecule has 0 aromatic heterocycles. The summed E-state index contributed by atoms with van der Waals surface area (Å²) in [5.41, 5.74) is 2.56. The Morgan fingerprint density at radius 2 is 1.78 bits per heavy atom. The third-order valence-electron chi connectivity index (χ3n) is 4.97. The molecule has 1 unspecified atom stereocenters. The Hall–Kier alpha value is -2.54. The standard InChI is InChI=1S/C20H24N2O4S/c1-13-14(2)22(15(3)23)19-11-10-17(26-27(4,24)25)12-18(19)20(13)21-16-8-6-5-7-9-16/h5-14,20-21H,1-4H3/t13-,14-,20?/m0/s1. The molecule has 0 bridgehead atoms. The van der Waals surface area contributed by atoms with Gasteiger partial charge in [0.2, 0.25) is 5.91 Å². The zero-order chi connectivity index (χ0) is 19.8. The number of carbonyl (C=O) groups excluding carboxylic acids is 1. The zero-order valence-electron chi connectivity index (χ0n) is 15.8. The lowest BCUT2D eigenvalue weighted by Gasteiger charge is -2.44. The summed E-state index contributed by atoms with van der Waals surface area (Å²) in [5.74, 6) is 0.280. The van der Waals surface area contributed by atoms with Crippen LogP contribution >= 0.6 is 0 Å². The number of nitrogens with one attached hydrogen (secondary N) is 1. The van der Waals surface area contributed by atoms with Gasteiger partial charge < -0.3 is 14.4 Å². The Morgan fingerprint density at radius 1 is 1.11 bits per heavy atom. The lowest BCUT2D eigenvalue weighted by molar-refractivity contribution is -0.117. The average molecular weight is 388 g/mol. The summed E-state index contributed by atoms with van der Waals surface area (Å²) >= 11 is 0. The quantitative estimate of drug-likeness (QED) is 0.811. The summed E-state index contributed by atoms with van der Waals surface area (Å²) in [6, 6.07) is 14.7. The normalized spacial score (nSPS) is 22.1. The molecule has 1 aliphatic heterocycles. The number of carbonyl (C=O) groups is 1. The number of benzene rings is 2. The minimum Gasteiger partial charge on any atom is -0.383 e. The maximum absolute atomic E-state index is 12.3. The topological polar surface area (TPSA) is 75.7 Å². The van der Waals surface area contributed by atoms with Gasteiger partial charge in [-0.1, -0.05) is 25.1 Å². The average Bonchev–Trinajstić information content (AvgIpc) is 2.58. The van der Waals surface area contributed by atoms with Gasteiger partial charge in [-0.3, -0.25) is 4.79 Å². The van der Waals surface area contributed by atoms with E-state index in [1.165, 1.54) is 0 Å². The highest BCUT2D eigenvalue weighted by molar-refractivity contribution is 7.86. The fourth-order valence-corrected chi connectivity index (χ4v) is 4.08. The van der Waals surface area contributed by atoms with Gasteiger partial charge in [-0.15, -0.1) is 0 Å². The summed E-state index contributed by atoms with van der Waals surface area (Å²) < 4.78 is 28.1. The van der Waals surface area contributed by atoms with Gasteiger partial charge in [0.05, 0.1) is 12.3 Å². The minimum atomic E-state index is -3.64. The minimum absolute atomic E-state index is 0.0158. The summed E-state index contributed by atoms with van der Waals surface area (Å²) in [7, 11) is -3.64. The second kappa shape index (κ2) is 7.23. The van der Waals surface area contributed by atoms with E-state index in [4.69, 9.17) is 4.18 Å². The fourth-order valence-electron chi connectivity index (χ4n) is 3.62. The molecule has 0 fully saturated rings. The van der Waals surface area contributed by atoms with Crippen LogP contribution in [0.4, 0.5) is 11.4 Å². The highest BCUT2D eigenvalue weighted by atomic mass is 32.2. The SMILES string of the molecule is CC(=O)N1c2ccc(OS(C)(=O)=O)cc2C(Nc2ccccc2)[C@@H](C)[C@@H]1C. The molecule has 3 atom stereocenters.